The van der Waals surface area contributed by atoms with Crippen LogP contribution in [0.4, 0.5) is 18.9 Å². The van der Waals surface area contributed by atoms with Gasteiger partial charge in [-0.3, -0.25) is 0 Å². The van der Waals surface area contributed by atoms with Crippen LogP contribution < -0.4 is 4.90 Å². The lowest BCUT2D eigenvalue weighted by Crippen LogP contribution is -2.47. The maximum absolute atomic E-state index is 13.3. The van der Waals surface area contributed by atoms with Crippen molar-refractivity contribution >= 4 is 41.3 Å². The Morgan fingerprint density at radius 3 is 1.89 bits per heavy atom. The van der Waals surface area contributed by atoms with Gasteiger partial charge in [0.25, 0.3) is 0 Å². The third kappa shape index (κ3) is 12.7. The van der Waals surface area contributed by atoms with Gasteiger partial charge in [0.05, 0.1) is 22.6 Å². The summed E-state index contributed by atoms with van der Waals surface area (Å²) in [6.07, 6.45) is 3.27. The maximum Gasteiger partial charge on any atom is 0.416 e. The van der Waals surface area contributed by atoms with Gasteiger partial charge in [-0.2, -0.15) is 13.2 Å². The summed E-state index contributed by atoms with van der Waals surface area (Å²) in [4.78, 5) is 46.3. The predicted molar refractivity (Wildman–Crippen MR) is 158 cm³/mol. The standard InChI is InChI=1S/C21H26F3N3S.2C4H4O4/c1-25-11-13-26(14-12-25)9-4-10-27-17-5-2-3-6-19(17)28-20-8-7-16(15-18(20)27)21(22,23)24;2*5-3(6)1-2-4(7)8/h2-3,5-8,15,18,20H,4,9-14H2,1H3;2*1-2H,(H,5,6)(H,7,8). The van der Waals surface area contributed by atoms with Gasteiger partial charge in [-0.25, -0.2) is 19.2 Å². The highest BCUT2D eigenvalue weighted by Crippen LogP contribution is 2.45. The number of benzene rings is 1. The number of fused-ring (bicyclic) bond motifs is 2. The Balaban J connectivity index is 0.000000349. The quantitative estimate of drug-likeness (QED) is 0.307. The number of anilines is 1. The summed E-state index contributed by atoms with van der Waals surface area (Å²) in [5.74, 6) is -5.03. The number of hydrogen-bond acceptors (Lipinski definition) is 8. The highest BCUT2D eigenvalue weighted by atomic mass is 32.2. The first-order valence-corrected chi connectivity index (χ1v) is 14.2. The van der Waals surface area contributed by atoms with Crippen molar-refractivity contribution in [2.75, 3.05) is 51.2 Å². The molecule has 2 aliphatic heterocycles. The lowest BCUT2D eigenvalue weighted by atomic mass is 9.99. The molecule has 1 aliphatic carbocycles. The topological polar surface area (TPSA) is 159 Å². The third-order valence-electron chi connectivity index (χ3n) is 6.48. The van der Waals surface area contributed by atoms with Crippen molar-refractivity contribution in [3.8, 4) is 0 Å². The number of hydrogen-bond donors (Lipinski definition) is 4. The van der Waals surface area contributed by atoms with E-state index in [0.29, 0.717) is 24.3 Å². The fraction of sp³-hybridized carbons (Fsp3) is 0.379. The summed E-state index contributed by atoms with van der Waals surface area (Å²) in [7, 11) is 2.14. The molecule has 0 radical (unpaired) electrons. The van der Waals surface area contributed by atoms with E-state index in [2.05, 4.69) is 27.8 Å². The second kappa shape index (κ2) is 17.3. The molecule has 2 unspecified atom stereocenters. The number of piperazine rings is 1. The summed E-state index contributed by atoms with van der Waals surface area (Å²) < 4.78 is 39.9. The van der Waals surface area contributed by atoms with Crippen LogP contribution >= 0.6 is 11.8 Å². The zero-order valence-corrected chi connectivity index (χ0v) is 24.6. The van der Waals surface area contributed by atoms with Crippen LogP contribution in [0.2, 0.25) is 0 Å². The number of carboxylic acid groups (broad SMARTS) is 4. The Hall–Kier alpha value is -4.08. The maximum atomic E-state index is 13.3. The van der Waals surface area contributed by atoms with E-state index in [4.69, 9.17) is 20.4 Å². The number of allylic oxidation sites excluding steroid dienone is 2. The summed E-state index contributed by atoms with van der Waals surface area (Å²) in [5, 5.41) is 31.3. The number of rotatable bonds is 8. The lowest BCUT2D eigenvalue weighted by Gasteiger charge is -2.43. The Bertz CT molecular complexity index is 1220. The average Bonchev–Trinajstić information content (AvgIpc) is 2.95. The summed E-state index contributed by atoms with van der Waals surface area (Å²) in [5.41, 5.74) is 0.526. The molecule has 1 fully saturated rings. The zero-order chi connectivity index (χ0) is 32.9. The van der Waals surface area contributed by atoms with Gasteiger partial charge >= 0.3 is 30.1 Å². The van der Waals surface area contributed by atoms with Crippen molar-refractivity contribution in [1.82, 2.24) is 9.80 Å². The highest BCUT2D eigenvalue weighted by molar-refractivity contribution is 8.00. The molecular formula is C29H34F3N3O8S. The fourth-order valence-corrected chi connectivity index (χ4v) is 5.68. The van der Waals surface area contributed by atoms with Crippen LogP contribution in [0, 0.1) is 0 Å². The molecule has 15 heteroatoms. The monoisotopic (exact) mass is 641 g/mol. The molecule has 1 saturated heterocycles. The van der Waals surface area contributed by atoms with Crippen molar-refractivity contribution in [2.24, 2.45) is 0 Å². The Morgan fingerprint density at radius 1 is 0.864 bits per heavy atom. The Morgan fingerprint density at radius 2 is 1.39 bits per heavy atom. The van der Waals surface area contributed by atoms with Crippen LogP contribution in [0.3, 0.4) is 0 Å². The van der Waals surface area contributed by atoms with Gasteiger partial charge in [0, 0.05) is 61.9 Å². The molecule has 0 saturated carbocycles. The number of carboxylic acids is 4. The zero-order valence-electron chi connectivity index (χ0n) is 23.8. The van der Waals surface area contributed by atoms with Crippen LogP contribution in [0.25, 0.3) is 0 Å². The largest absolute Gasteiger partial charge is 0.478 e. The van der Waals surface area contributed by atoms with Crippen molar-refractivity contribution in [1.29, 1.82) is 0 Å². The van der Waals surface area contributed by atoms with Gasteiger partial charge in [0.1, 0.15) is 0 Å². The van der Waals surface area contributed by atoms with E-state index in [9.17, 15) is 32.3 Å². The molecule has 4 rings (SSSR count). The van der Waals surface area contributed by atoms with Crippen molar-refractivity contribution < 1.29 is 52.8 Å². The van der Waals surface area contributed by atoms with E-state index in [1.165, 1.54) is 12.2 Å². The minimum absolute atomic E-state index is 0.0182. The van der Waals surface area contributed by atoms with E-state index >= 15 is 0 Å². The number of likely N-dealkylation sites (N-methyl/N-ethyl adjacent to an activating group) is 1. The number of carbonyl (C=O) groups is 4. The molecule has 0 bridgehead atoms. The average molecular weight is 642 g/mol. The molecule has 240 valence electrons. The number of halogens is 3. The number of thioether (sulfide) groups is 1. The molecule has 1 aromatic rings. The van der Waals surface area contributed by atoms with Crippen molar-refractivity contribution in [3.63, 3.8) is 0 Å². The molecule has 2 atom stereocenters. The second-order valence-corrected chi connectivity index (χ2v) is 11.0. The Labute approximate surface area is 256 Å². The van der Waals surface area contributed by atoms with E-state index in [-0.39, 0.29) is 11.3 Å². The minimum atomic E-state index is -4.30. The van der Waals surface area contributed by atoms with Gasteiger partial charge in [-0.15, -0.1) is 11.8 Å². The van der Waals surface area contributed by atoms with Gasteiger partial charge in [-0.1, -0.05) is 24.3 Å². The molecule has 1 aromatic carbocycles. The first kappa shape index (κ1) is 36.1. The van der Waals surface area contributed by atoms with E-state index in [1.54, 1.807) is 17.8 Å². The molecule has 4 N–H and O–H groups in total. The summed E-state index contributed by atoms with van der Waals surface area (Å²) in [6.45, 7) is 6.04. The molecule has 0 amide bonds. The molecule has 3 aliphatic rings. The highest BCUT2D eigenvalue weighted by Gasteiger charge is 2.40. The third-order valence-corrected chi connectivity index (χ3v) is 7.79. The predicted octanol–water partition coefficient (Wildman–Crippen LogP) is 3.46. The normalized spacial score (nSPS) is 20.0. The first-order valence-electron chi connectivity index (χ1n) is 13.4. The first-order chi connectivity index (χ1) is 20.7. The number of nitrogens with zero attached hydrogens (tertiary/aromatic N) is 3. The molecule has 11 nitrogen and oxygen atoms in total. The molecule has 0 aromatic heterocycles. The Kier molecular flexibility index (Phi) is 14.2. The van der Waals surface area contributed by atoms with Crippen LogP contribution in [-0.4, -0.2) is 118 Å². The fourth-order valence-electron chi connectivity index (χ4n) is 4.40. The molecule has 0 spiro atoms. The smallest absolute Gasteiger partial charge is 0.416 e. The van der Waals surface area contributed by atoms with Crippen LogP contribution in [-0.2, 0) is 19.2 Å². The van der Waals surface area contributed by atoms with Gasteiger partial charge in [0.2, 0.25) is 0 Å². The van der Waals surface area contributed by atoms with E-state index in [0.717, 1.165) is 56.3 Å². The van der Waals surface area contributed by atoms with Crippen molar-refractivity contribution in [3.05, 3.63) is 72.4 Å². The number of aliphatic carboxylic acids is 4. The van der Waals surface area contributed by atoms with Crippen LogP contribution in [0.5, 0.6) is 0 Å². The molecule has 2 heterocycles. The van der Waals surface area contributed by atoms with Gasteiger partial charge in [-0.05, 0) is 38.2 Å². The summed E-state index contributed by atoms with van der Waals surface area (Å²) >= 11 is 1.66. The van der Waals surface area contributed by atoms with Gasteiger partial charge in [0.15, 0.2) is 0 Å². The minimum Gasteiger partial charge on any atom is -0.478 e. The van der Waals surface area contributed by atoms with E-state index in [1.807, 2.05) is 18.2 Å². The second-order valence-electron chi connectivity index (χ2n) is 9.73. The van der Waals surface area contributed by atoms with Crippen LogP contribution in [0.1, 0.15) is 6.42 Å². The van der Waals surface area contributed by atoms with Crippen LogP contribution in [0.15, 0.2) is 77.3 Å². The van der Waals surface area contributed by atoms with Crippen molar-refractivity contribution in [2.45, 2.75) is 28.8 Å². The molecular weight excluding hydrogens is 607 g/mol. The number of alkyl halides is 3. The van der Waals surface area contributed by atoms with Gasteiger partial charge < -0.3 is 35.1 Å². The number of para-hydroxylation sites is 1. The molecule has 44 heavy (non-hydrogen) atoms. The van der Waals surface area contributed by atoms with E-state index < -0.39 is 35.6 Å². The lowest BCUT2D eigenvalue weighted by molar-refractivity contribution is -0.134. The summed E-state index contributed by atoms with van der Waals surface area (Å²) in [6, 6.07) is 7.82. The SMILES string of the molecule is CN1CCN(CCCN2c3ccccc3SC3C=CC(C(F)(F)F)=CC32)CC1.O=C(O)C=CC(=O)O.O=C(O)C=CC(=O)O.